The minimum Gasteiger partial charge on any atom is -0.460 e. The van der Waals surface area contributed by atoms with E-state index in [-0.39, 0.29) is 23.6 Å². The highest BCUT2D eigenvalue weighted by Crippen LogP contribution is 2.51. The normalized spacial score (nSPS) is 25.7. The summed E-state index contributed by atoms with van der Waals surface area (Å²) in [6, 6.07) is 7.77. The van der Waals surface area contributed by atoms with Gasteiger partial charge in [-0.1, -0.05) is 65.1 Å². The van der Waals surface area contributed by atoms with Crippen LogP contribution in [-0.4, -0.2) is 55.3 Å². The van der Waals surface area contributed by atoms with Gasteiger partial charge in [-0.3, -0.25) is 9.59 Å². The summed E-state index contributed by atoms with van der Waals surface area (Å²) < 4.78 is 2.76. The highest BCUT2D eigenvalue weighted by Gasteiger charge is 2.64. The van der Waals surface area contributed by atoms with Crippen molar-refractivity contribution in [2.24, 2.45) is 0 Å². The second-order valence-electron chi connectivity index (χ2n) is 7.19. The summed E-state index contributed by atoms with van der Waals surface area (Å²) in [5.74, 6) is -1.20. The van der Waals surface area contributed by atoms with Gasteiger partial charge in [0.15, 0.2) is 0 Å². The minimum absolute atomic E-state index is 0.181. The Hall–Kier alpha value is -1.15. The Kier molecular flexibility index (Phi) is 6.11. The summed E-state index contributed by atoms with van der Waals surface area (Å²) in [7, 11) is 0. The maximum absolute atomic E-state index is 12.6. The van der Waals surface area contributed by atoms with Crippen LogP contribution < -0.4 is 5.32 Å². The Morgan fingerprint density at radius 3 is 2.50 bits per heavy atom. The van der Waals surface area contributed by atoms with Crippen LogP contribution in [0.1, 0.15) is 19.4 Å². The molecule has 2 aliphatic heterocycles. The summed E-state index contributed by atoms with van der Waals surface area (Å²) in [6.45, 7) is 3.28. The van der Waals surface area contributed by atoms with Gasteiger partial charge in [0.25, 0.3) is 0 Å². The number of benzene rings is 1. The predicted octanol–water partition coefficient (Wildman–Crippen LogP) is 2.69. The molecule has 1 aromatic carbocycles. The third-order valence-corrected chi connectivity index (χ3v) is 6.47. The van der Waals surface area contributed by atoms with Crippen LogP contribution in [0.2, 0.25) is 0 Å². The molecule has 6 nitrogen and oxygen atoms in total. The third-order valence-electron chi connectivity index (χ3n) is 4.57. The number of rotatable bonds is 5. The number of hydrogen-bond donors (Lipinski definition) is 1. The quantitative estimate of drug-likeness (QED) is 0.411. The number of carbonyl (C=O) groups excluding carboxylic acids is 3. The molecule has 0 unspecified atom stereocenters. The van der Waals surface area contributed by atoms with E-state index in [1.54, 1.807) is 0 Å². The molecular formula is C18H19Cl3N2O4S. The molecule has 1 N–H and O–H groups in total. The van der Waals surface area contributed by atoms with Gasteiger partial charge in [-0.05, 0) is 19.4 Å². The standard InChI is InChI=1S/C18H19Cl3N2O4S/c1-17(2)13(16(26)27-9-18(19,20)21)23-14(25)12(15(23)28-17)22-11(24)8-10-6-4-3-5-7-10/h3-7,12-13,15H,8-9H2,1-2H3,(H,22,24)/t12-,13+,15+/m1/s1. The number of alkyl halides is 3. The third kappa shape index (κ3) is 4.53. The molecule has 0 aliphatic carbocycles. The second-order valence-corrected chi connectivity index (χ2v) is 11.5. The van der Waals surface area contributed by atoms with E-state index in [1.165, 1.54) is 16.7 Å². The van der Waals surface area contributed by atoms with E-state index in [4.69, 9.17) is 39.5 Å². The Labute approximate surface area is 182 Å². The van der Waals surface area contributed by atoms with Gasteiger partial charge in [-0.15, -0.1) is 11.8 Å². The summed E-state index contributed by atoms with van der Waals surface area (Å²) in [5.41, 5.74) is 0.858. The van der Waals surface area contributed by atoms with Crippen LogP contribution in [-0.2, 0) is 25.5 Å². The molecule has 0 saturated carbocycles. The number of fused-ring (bicyclic) bond motifs is 1. The van der Waals surface area contributed by atoms with E-state index in [9.17, 15) is 14.4 Å². The lowest BCUT2D eigenvalue weighted by atomic mass is 9.96. The number of amides is 2. The topological polar surface area (TPSA) is 75.7 Å². The van der Waals surface area contributed by atoms with E-state index in [2.05, 4.69) is 5.32 Å². The van der Waals surface area contributed by atoms with Crippen LogP contribution in [0, 0.1) is 0 Å². The van der Waals surface area contributed by atoms with Crippen molar-refractivity contribution in [1.82, 2.24) is 10.2 Å². The molecule has 2 fully saturated rings. The fourth-order valence-electron chi connectivity index (χ4n) is 3.36. The van der Waals surface area contributed by atoms with Crippen molar-refractivity contribution in [3.63, 3.8) is 0 Å². The van der Waals surface area contributed by atoms with E-state index < -0.39 is 33.2 Å². The SMILES string of the molecule is CC1(C)S[C@H]2[C@H](NC(=O)Cc3ccccc3)C(=O)N2[C@H]1C(=O)OCC(Cl)(Cl)Cl. The van der Waals surface area contributed by atoms with Crippen molar-refractivity contribution in [3.05, 3.63) is 35.9 Å². The number of β-lactam (4-membered cyclic amide) rings is 1. The van der Waals surface area contributed by atoms with Crippen molar-refractivity contribution in [2.75, 3.05) is 6.61 Å². The first-order chi connectivity index (χ1) is 13.0. The molecule has 2 saturated heterocycles. The first-order valence-electron chi connectivity index (χ1n) is 8.56. The monoisotopic (exact) mass is 464 g/mol. The van der Waals surface area contributed by atoms with Gasteiger partial charge in [0, 0.05) is 4.75 Å². The summed E-state index contributed by atoms with van der Waals surface area (Å²) in [5, 5.41) is 2.43. The molecular weight excluding hydrogens is 447 g/mol. The fraction of sp³-hybridized carbons (Fsp3) is 0.500. The Morgan fingerprint density at radius 1 is 1.25 bits per heavy atom. The van der Waals surface area contributed by atoms with Gasteiger partial charge in [-0.2, -0.15) is 0 Å². The second kappa shape index (κ2) is 7.94. The minimum atomic E-state index is -1.72. The van der Waals surface area contributed by atoms with Crippen LogP contribution in [0.15, 0.2) is 30.3 Å². The molecule has 28 heavy (non-hydrogen) atoms. The number of hydrogen-bond acceptors (Lipinski definition) is 5. The molecule has 1 aromatic rings. The first-order valence-corrected chi connectivity index (χ1v) is 10.6. The van der Waals surface area contributed by atoms with Gasteiger partial charge in [0.2, 0.25) is 15.6 Å². The van der Waals surface area contributed by atoms with E-state index in [0.717, 1.165) is 5.56 Å². The molecule has 3 rings (SSSR count). The summed E-state index contributed by atoms with van der Waals surface area (Å²) in [4.78, 5) is 38.9. The van der Waals surface area contributed by atoms with Crippen molar-refractivity contribution in [2.45, 2.75) is 46.3 Å². The molecule has 0 spiro atoms. The van der Waals surface area contributed by atoms with Crippen molar-refractivity contribution in [3.8, 4) is 0 Å². The molecule has 152 valence electrons. The summed E-state index contributed by atoms with van der Waals surface area (Å²) >= 11 is 18.3. The highest BCUT2D eigenvalue weighted by atomic mass is 35.6. The number of halogens is 3. The smallest absolute Gasteiger partial charge is 0.330 e. The van der Waals surface area contributed by atoms with Crippen molar-refractivity contribution >= 4 is 64.3 Å². The Balaban J connectivity index is 1.64. The van der Waals surface area contributed by atoms with Crippen LogP contribution in [0.5, 0.6) is 0 Å². The molecule has 10 heteroatoms. The predicted molar refractivity (Wildman–Crippen MR) is 109 cm³/mol. The molecule has 0 aromatic heterocycles. The summed E-state index contributed by atoms with van der Waals surface area (Å²) in [6.07, 6.45) is 0.181. The van der Waals surface area contributed by atoms with Gasteiger partial charge < -0.3 is 15.0 Å². The molecule has 3 atom stereocenters. The molecule has 0 bridgehead atoms. The number of ether oxygens (including phenoxy) is 1. The zero-order valence-electron chi connectivity index (χ0n) is 15.2. The highest BCUT2D eigenvalue weighted by molar-refractivity contribution is 8.01. The number of nitrogens with one attached hydrogen (secondary N) is 1. The van der Waals surface area contributed by atoms with Crippen molar-refractivity contribution < 1.29 is 19.1 Å². The van der Waals surface area contributed by atoms with Gasteiger partial charge in [0.1, 0.15) is 24.1 Å². The number of thioether (sulfide) groups is 1. The zero-order valence-corrected chi connectivity index (χ0v) is 18.2. The maximum Gasteiger partial charge on any atom is 0.330 e. The zero-order chi connectivity index (χ0) is 20.7. The van der Waals surface area contributed by atoms with E-state index in [1.807, 2.05) is 44.2 Å². The van der Waals surface area contributed by atoms with Gasteiger partial charge >= 0.3 is 5.97 Å². The Bertz CT molecular complexity index is 785. The first kappa shape index (κ1) is 21.6. The lowest BCUT2D eigenvalue weighted by molar-refractivity contribution is -0.164. The van der Waals surface area contributed by atoms with Crippen LogP contribution >= 0.6 is 46.6 Å². The average molecular weight is 466 g/mol. The Morgan fingerprint density at radius 2 is 1.89 bits per heavy atom. The molecule has 2 heterocycles. The molecule has 2 aliphatic rings. The maximum atomic E-state index is 12.6. The largest absolute Gasteiger partial charge is 0.460 e. The van der Waals surface area contributed by atoms with E-state index >= 15 is 0 Å². The lowest BCUT2D eigenvalue weighted by Gasteiger charge is -2.44. The number of nitrogens with zero attached hydrogens (tertiary/aromatic N) is 1. The van der Waals surface area contributed by atoms with Crippen molar-refractivity contribution in [1.29, 1.82) is 0 Å². The van der Waals surface area contributed by atoms with Gasteiger partial charge in [-0.25, -0.2) is 4.79 Å². The fourth-order valence-corrected chi connectivity index (χ4v) is 5.15. The number of esters is 1. The van der Waals surface area contributed by atoms with Crippen LogP contribution in [0.3, 0.4) is 0 Å². The van der Waals surface area contributed by atoms with Gasteiger partial charge in [0.05, 0.1) is 6.42 Å². The van der Waals surface area contributed by atoms with Crippen LogP contribution in [0.25, 0.3) is 0 Å². The average Bonchev–Trinajstić information content (AvgIpc) is 2.86. The van der Waals surface area contributed by atoms with E-state index in [0.29, 0.717) is 0 Å². The number of carbonyl (C=O) groups is 3. The lowest BCUT2D eigenvalue weighted by Crippen LogP contribution is -2.70. The molecule has 0 radical (unpaired) electrons. The molecule has 2 amide bonds. The van der Waals surface area contributed by atoms with Crippen LogP contribution in [0.4, 0.5) is 0 Å².